The number of nitriles is 1. The molecular formula is C8H6F2N2O. The molecule has 68 valence electrons. The predicted octanol–water partition coefficient (Wildman–Crippen LogP) is 1.38. The maximum Gasteiger partial charge on any atom is 0.269 e. The number of nitrogens with zero attached hydrogens (tertiary/aromatic N) is 1. The largest absolute Gasteiger partial charge is 0.363 e. The minimum absolute atomic E-state index is 0.0127. The van der Waals surface area contributed by atoms with Crippen LogP contribution in [0.15, 0.2) is 17.1 Å². The fourth-order valence-corrected chi connectivity index (χ4v) is 0.883. The molecule has 5 heteroatoms. The molecule has 1 rings (SSSR count). The zero-order valence-electron chi connectivity index (χ0n) is 6.55. The Morgan fingerprint density at radius 3 is 2.77 bits per heavy atom. The number of alkyl halides is 2. The molecule has 0 radical (unpaired) electrons. The van der Waals surface area contributed by atoms with Gasteiger partial charge in [-0.15, -0.1) is 0 Å². The van der Waals surface area contributed by atoms with Gasteiger partial charge in [0.1, 0.15) is 0 Å². The number of hydrogen-bond donors (Lipinski definition) is 1. The first-order chi connectivity index (χ1) is 6.15. The van der Waals surface area contributed by atoms with Crippen molar-refractivity contribution in [2.75, 3.05) is 0 Å². The number of pyridine rings is 1. The molecule has 0 saturated heterocycles. The molecular weight excluding hydrogens is 178 g/mol. The highest BCUT2D eigenvalue weighted by molar-refractivity contribution is 5.17. The van der Waals surface area contributed by atoms with Crippen molar-refractivity contribution in [3.05, 3.63) is 33.7 Å². The number of aromatic amines is 1. The summed E-state index contributed by atoms with van der Waals surface area (Å²) in [7, 11) is 0. The first-order valence-corrected chi connectivity index (χ1v) is 3.51. The zero-order chi connectivity index (χ0) is 9.84. The molecule has 1 aromatic heterocycles. The molecule has 0 atom stereocenters. The number of hydrogen-bond acceptors (Lipinski definition) is 2. The van der Waals surface area contributed by atoms with Crippen LogP contribution >= 0.6 is 0 Å². The van der Waals surface area contributed by atoms with Crippen molar-refractivity contribution < 1.29 is 8.78 Å². The number of halogens is 2. The lowest BCUT2D eigenvalue weighted by atomic mass is 10.2. The van der Waals surface area contributed by atoms with Crippen molar-refractivity contribution >= 4 is 0 Å². The van der Waals surface area contributed by atoms with Crippen molar-refractivity contribution in [1.82, 2.24) is 4.98 Å². The van der Waals surface area contributed by atoms with Gasteiger partial charge in [-0.25, -0.2) is 8.78 Å². The lowest BCUT2D eigenvalue weighted by Gasteiger charge is -1.99. The van der Waals surface area contributed by atoms with Gasteiger partial charge in [0.2, 0.25) is 0 Å². The first-order valence-electron chi connectivity index (χ1n) is 3.51. The monoisotopic (exact) mass is 184 g/mol. The number of rotatable bonds is 2. The molecule has 0 aromatic carbocycles. The average Bonchev–Trinajstić information content (AvgIpc) is 2.04. The van der Waals surface area contributed by atoms with E-state index in [0.717, 1.165) is 12.3 Å². The molecule has 0 saturated carbocycles. The summed E-state index contributed by atoms with van der Waals surface area (Å²) in [6.07, 6.45) is -1.82. The molecule has 0 amide bonds. The Balaban J connectivity index is 3.08. The molecule has 0 fully saturated rings. The summed E-state index contributed by atoms with van der Waals surface area (Å²) >= 11 is 0. The number of H-pyrrole nitrogens is 1. The standard InChI is InChI=1S/C8H6F2N2O/c9-8(10)6-4-12-5(1-2-11)3-7(6)13/h3-4,8H,1H2,(H,12,13). The van der Waals surface area contributed by atoms with Crippen LogP contribution in [0.4, 0.5) is 8.78 Å². The van der Waals surface area contributed by atoms with Crippen LogP contribution in [0.3, 0.4) is 0 Å². The van der Waals surface area contributed by atoms with E-state index in [0.29, 0.717) is 5.69 Å². The van der Waals surface area contributed by atoms with Crippen LogP contribution in [0.1, 0.15) is 17.7 Å². The van der Waals surface area contributed by atoms with Gasteiger partial charge >= 0.3 is 0 Å². The van der Waals surface area contributed by atoms with Crippen molar-refractivity contribution in [3.63, 3.8) is 0 Å². The third-order valence-electron chi connectivity index (χ3n) is 1.51. The van der Waals surface area contributed by atoms with E-state index in [1.54, 1.807) is 6.07 Å². The van der Waals surface area contributed by atoms with E-state index < -0.39 is 17.4 Å². The molecule has 1 aromatic rings. The van der Waals surface area contributed by atoms with E-state index >= 15 is 0 Å². The zero-order valence-corrected chi connectivity index (χ0v) is 6.55. The van der Waals surface area contributed by atoms with Crippen molar-refractivity contribution in [2.45, 2.75) is 12.8 Å². The van der Waals surface area contributed by atoms with Crippen LogP contribution in [0, 0.1) is 11.3 Å². The summed E-state index contributed by atoms with van der Waals surface area (Å²) in [6, 6.07) is 2.82. The highest BCUT2D eigenvalue weighted by Crippen LogP contribution is 2.13. The molecule has 0 spiro atoms. The van der Waals surface area contributed by atoms with E-state index in [9.17, 15) is 13.6 Å². The second-order valence-corrected chi connectivity index (χ2v) is 2.41. The van der Waals surface area contributed by atoms with Gasteiger partial charge in [-0.3, -0.25) is 4.79 Å². The average molecular weight is 184 g/mol. The minimum Gasteiger partial charge on any atom is -0.363 e. The van der Waals surface area contributed by atoms with Gasteiger partial charge in [0.15, 0.2) is 5.43 Å². The normalized spacial score (nSPS) is 10.0. The highest BCUT2D eigenvalue weighted by atomic mass is 19.3. The first kappa shape index (κ1) is 9.39. The van der Waals surface area contributed by atoms with E-state index in [4.69, 9.17) is 5.26 Å². The SMILES string of the molecule is N#CCc1cc(=O)c(C(F)F)c[nH]1. The van der Waals surface area contributed by atoms with Crippen LogP contribution in [-0.4, -0.2) is 4.98 Å². The third-order valence-corrected chi connectivity index (χ3v) is 1.51. The summed E-state index contributed by atoms with van der Waals surface area (Å²) < 4.78 is 24.1. The summed E-state index contributed by atoms with van der Waals surface area (Å²) in [5.41, 5.74) is -0.961. The van der Waals surface area contributed by atoms with Crippen LogP contribution in [0.2, 0.25) is 0 Å². The Morgan fingerprint density at radius 2 is 2.31 bits per heavy atom. The van der Waals surface area contributed by atoms with Crippen LogP contribution < -0.4 is 5.43 Å². The van der Waals surface area contributed by atoms with E-state index in [2.05, 4.69) is 4.98 Å². The lowest BCUT2D eigenvalue weighted by molar-refractivity contribution is 0.149. The Kier molecular flexibility index (Phi) is 2.75. The fraction of sp³-hybridized carbons (Fsp3) is 0.250. The Bertz CT molecular complexity index is 392. The molecule has 1 N–H and O–H groups in total. The van der Waals surface area contributed by atoms with Crippen molar-refractivity contribution in [1.29, 1.82) is 5.26 Å². The summed E-state index contributed by atoms with van der Waals surface area (Å²) in [6.45, 7) is 0. The maximum atomic E-state index is 12.1. The van der Waals surface area contributed by atoms with Gasteiger partial charge in [0.25, 0.3) is 6.43 Å². The lowest BCUT2D eigenvalue weighted by Crippen LogP contribution is -2.10. The molecule has 0 aliphatic heterocycles. The summed E-state index contributed by atoms with van der Waals surface area (Å²) in [4.78, 5) is 13.4. The second kappa shape index (κ2) is 3.81. The Labute approximate surface area is 72.6 Å². The predicted molar refractivity (Wildman–Crippen MR) is 41.3 cm³/mol. The molecule has 1 heterocycles. The van der Waals surface area contributed by atoms with Crippen molar-refractivity contribution in [2.24, 2.45) is 0 Å². The molecule has 0 unspecified atom stereocenters. The molecule has 13 heavy (non-hydrogen) atoms. The van der Waals surface area contributed by atoms with Gasteiger partial charge in [-0.05, 0) is 0 Å². The van der Waals surface area contributed by atoms with E-state index in [1.165, 1.54) is 0 Å². The maximum absolute atomic E-state index is 12.1. The van der Waals surface area contributed by atoms with Gasteiger partial charge in [0, 0.05) is 18.0 Å². The Hall–Kier alpha value is -1.70. The number of nitrogens with one attached hydrogen (secondary N) is 1. The van der Waals surface area contributed by atoms with Gasteiger partial charge in [-0.1, -0.05) is 0 Å². The van der Waals surface area contributed by atoms with Gasteiger partial charge < -0.3 is 4.98 Å². The molecule has 0 aliphatic carbocycles. The molecule has 0 bridgehead atoms. The third kappa shape index (κ3) is 2.12. The summed E-state index contributed by atoms with van der Waals surface area (Å²) in [5.74, 6) is 0. The van der Waals surface area contributed by atoms with Crippen LogP contribution in [0.5, 0.6) is 0 Å². The molecule has 0 aliphatic rings. The van der Waals surface area contributed by atoms with E-state index in [1.807, 2.05) is 0 Å². The van der Waals surface area contributed by atoms with Gasteiger partial charge in [0.05, 0.1) is 18.1 Å². The number of aromatic nitrogens is 1. The minimum atomic E-state index is -2.78. The fourth-order valence-electron chi connectivity index (χ4n) is 0.883. The van der Waals surface area contributed by atoms with E-state index in [-0.39, 0.29) is 6.42 Å². The Morgan fingerprint density at radius 1 is 1.62 bits per heavy atom. The van der Waals surface area contributed by atoms with Crippen LogP contribution in [0.25, 0.3) is 0 Å². The van der Waals surface area contributed by atoms with Crippen molar-refractivity contribution in [3.8, 4) is 6.07 Å². The summed E-state index contributed by atoms with van der Waals surface area (Å²) in [5, 5.41) is 8.27. The molecule has 3 nitrogen and oxygen atoms in total. The van der Waals surface area contributed by atoms with Gasteiger partial charge in [-0.2, -0.15) is 5.26 Å². The highest BCUT2D eigenvalue weighted by Gasteiger charge is 2.11. The second-order valence-electron chi connectivity index (χ2n) is 2.41. The quantitative estimate of drug-likeness (QED) is 0.754. The van der Waals surface area contributed by atoms with Crippen LogP contribution in [-0.2, 0) is 6.42 Å². The smallest absolute Gasteiger partial charge is 0.269 e. The topological polar surface area (TPSA) is 56.6 Å².